The molecule has 3 heterocycles. The van der Waals surface area contributed by atoms with Gasteiger partial charge >= 0.3 is 5.97 Å². The van der Waals surface area contributed by atoms with Crippen LogP contribution in [0.15, 0.2) is 30.5 Å². The third-order valence-corrected chi connectivity index (χ3v) is 5.26. The SMILES string of the molecule is O=C(O)c1nn(-c2nc3ccccc3s2)c2c1-c1[nH]ncc1CC2. The summed E-state index contributed by atoms with van der Waals surface area (Å²) in [5.74, 6) is -1.05. The van der Waals surface area contributed by atoms with Gasteiger partial charge in [0, 0.05) is 0 Å². The summed E-state index contributed by atoms with van der Waals surface area (Å²) in [4.78, 5) is 16.3. The zero-order valence-corrected chi connectivity index (χ0v) is 13.2. The summed E-state index contributed by atoms with van der Waals surface area (Å²) in [6.45, 7) is 0. The van der Waals surface area contributed by atoms with Crippen molar-refractivity contribution in [2.24, 2.45) is 0 Å². The largest absolute Gasteiger partial charge is 0.476 e. The van der Waals surface area contributed by atoms with Gasteiger partial charge in [0.1, 0.15) is 0 Å². The minimum Gasteiger partial charge on any atom is -0.476 e. The predicted octanol–water partition coefficient (Wildman–Crippen LogP) is 2.67. The van der Waals surface area contributed by atoms with E-state index in [1.807, 2.05) is 24.3 Å². The van der Waals surface area contributed by atoms with Gasteiger partial charge in [-0.15, -0.1) is 0 Å². The summed E-state index contributed by atoms with van der Waals surface area (Å²) in [7, 11) is 0. The van der Waals surface area contributed by atoms with Crippen molar-refractivity contribution >= 4 is 27.5 Å². The molecule has 7 nitrogen and oxygen atoms in total. The highest BCUT2D eigenvalue weighted by Crippen LogP contribution is 2.37. The highest BCUT2D eigenvalue weighted by Gasteiger charge is 2.31. The molecule has 0 atom stereocenters. The van der Waals surface area contributed by atoms with Gasteiger partial charge in [-0.3, -0.25) is 5.10 Å². The third-order valence-electron chi connectivity index (χ3n) is 4.25. The van der Waals surface area contributed by atoms with Crippen LogP contribution in [-0.2, 0) is 12.8 Å². The molecule has 1 aliphatic rings. The Morgan fingerprint density at radius 3 is 3.00 bits per heavy atom. The lowest BCUT2D eigenvalue weighted by Crippen LogP contribution is -2.08. The van der Waals surface area contributed by atoms with E-state index in [0.29, 0.717) is 17.1 Å². The van der Waals surface area contributed by atoms with E-state index in [4.69, 9.17) is 0 Å². The molecule has 118 valence electrons. The summed E-state index contributed by atoms with van der Waals surface area (Å²) in [6.07, 6.45) is 3.26. The lowest BCUT2D eigenvalue weighted by Gasteiger charge is -2.12. The molecule has 8 heteroatoms. The van der Waals surface area contributed by atoms with Crippen LogP contribution in [0.1, 0.15) is 21.7 Å². The predicted molar refractivity (Wildman–Crippen MR) is 88.7 cm³/mol. The summed E-state index contributed by atoms with van der Waals surface area (Å²) in [5.41, 5.74) is 4.18. The molecule has 1 aliphatic carbocycles. The molecule has 0 fully saturated rings. The number of aryl methyl sites for hydroxylation is 1. The molecule has 0 radical (unpaired) electrons. The van der Waals surface area contributed by atoms with Crippen molar-refractivity contribution in [3.63, 3.8) is 0 Å². The van der Waals surface area contributed by atoms with Crippen LogP contribution in [0.5, 0.6) is 0 Å². The second-order valence-corrected chi connectivity index (χ2v) is 6.63. The molecule has 0 saturated carbocycles. The van der Waals surface area contributed by atoms with Gasteiger partial charge in [0.25, 0.3) is 0 Å². The number of hydrogen-bond acceptors (Lipinski definition) is 5. The Hall–Kier alpha value is -3.00. The van der Waals surface area contributed by atoms with Gasteiger partial charge in [-0.25, -0.2) is 14.5 Å². The Morgan fingerprint density at radius 1 is 1.29 bits per heavy atom. The lowest BCUT2D eigenvalue weighted by atomic mass is 9.94. The van der Waals surface area contributed by atoms with E-state index in [0.717, 1.165) is 33.6 Å². The highest BCUT2D eigenvalue weighted by molar-refractivity contribution is 7.20. The number of rotatable bonds is 2. The van der Waals surface area contributed by atoms with Gasteiger partial charge in [0.15, 0.2) is 5.69 Å². The number of benzene rings is 1. The van der Waals surface area contributed by atoms with E-state index < -0.39 is 5.97 Å². The Balaban J connectivity index is 1.79. The molecule has 5 rings (SSSR count). The number of para-hydroxylation sites is 1. The Bertz CT molecular complexity index is 1070. The van der Waals surface area contributed by atoms with Crippen molar-refractivity contribution in [1.29, 1.82) is 0 Å². The standard InChI is InChI=1S/C16H11N5O2S/c22-15(23)14-12-10(6-5-8-7-17-19-13(8)12)21(20-14)16-18-9-3-1-2-4-11(9)24-16/h1-4,7H,5-6H2,(H,17,19)(H,22,23). The number of carboxylic acid groups (broad SMARTS) is 1. The van der Waals surface area contributed by atoms with E-state index in [-0.39, 0.29) is 5.69 Å². The number of aromatic amines is 1. The molecule has 0 amide bonds. The smallest absolute Gasteiger partial charge is 0.357 e. The second-order valence-electron chi connectivity index (χ2n) is 5.62. The van der Waals surface area contributed by atoms with Crippen LogP contribution in [0.2, 0.25) is 0 Å². The normalized spacial score (nSPS) is 13.0. The first-order valence-corrected chi connectivity index (χ1v) is 8.28. The first-order chi connectivity index (χ1) is 11.7. The quantitative estimate of drug-likeness (QED) is 0.586. The van der Waals surface area contributed by atoms with Crippen LogP contribution in [0.4, 0.5) is 0 Å². The second kappa shape index (κ2) is 4.75. The Labute approximate surface area is 139 Å². The van der Waals surface area contributed by atoms with Crippen LogP contribution >= 0.6 is 11.3 Å². The number of hydrogen-bond donors (Lipinski definition) is 2. The average molecular weight is 337 g/mol. The van der Waals surface area contributed by atoms with Crippen LogP contribution in [-0.4, -0.2) is 36.0 Å². The highest BCUT2D eigenvalue weighted by atomic mass is 32.1. The van der Waals surface area contributed by atoms with Crippen molar-refractivity contribution < 1.29 is 9.90 Å². The molecule has 3 aromatic heterocycles. The maximum atomic E-state index is 11.7. The minimum absolute atomic E-state index is 0.0365. The monoisotopic (exact) mass is 337 g/mol. The van der Waals surface area contributed by atoms with E-state index in [1.54, 1.807) is 10.9 Å². The number of nitrogens with zero attached hydrogens (tertiary/aromatic N) is 4. The van der Waals surface area contributed by atoms with Crippen molar-refractivity contribution in [2.75, 3.05) is 0 Å². The van der Waals surface area contributed by atoms with Crippen LogP contribution in [0.25, 0.3) is 26.6 Å². The Kier molecular flexibility index (Phi) is 2.66. The maximum absolute atomic E-state index is 11.7. The summed E-state index contributed by atoms with van der Waals surface area (Å²) in [6, 6.07) is 7.83. The Morgan fingerprint density at radius 2 is 2.17 bits per heavy atom. The van der Waals surface area contributed by atoms with Gasteiger partial charge in [-0.05, 0) is 30.5 Å². The number of aromatic nitrogens is 5. The molecule has 1 aromatic carbocycles. The van der Waals surface area contributed by atoms with E-state index in [1.165, 1.54) is 11.3 Å². The van der Waals surface area contributed by atoms with Gasteiger partial charge in [0.05, 0.1) is 33.4 Å². The zero-order chi connectivity index (χ0) is 16.3. The molecular weight excluding hydrogens is 326 g/mol. The van der Waals surface area contributed by atoms with Crippen LogP contribution in [0.3, 0.4) is 0 Å². The number of carboxylic acids is 1. The molecular formula is C16H11N5O2S. The molecule has 4 aromatic rings. The first-order valence-electron chi connectivity index (χ1n) is 7.46. The van der Waals surface area contributed by atoms with Crippen LogP contribution < -0.4 is 0 Å². The summed E-state index contributed by atoms with van der Waals surface area (Å²) < 4.78 is 2.72. The fourth-order valence-electron chi connectivity index (χ4n) is 3.18. The van der Waals surface area contributed by atoms with Crippen molar-refractivity contribution in [3.05, 3.63) is 47.4 Å². The molecule has 0 unspecified atom stereocenters. The number of fused-ring (bicyclic) bond motifs is 4. The fourth-order valence-corrected chi connectivity index (χ4v) is 4.12. The number of aromatic carboxylic acids is 1. The molecule has 0 spiro atoms. The van der Waals surface area contributed by atoms with E-state index in [2.05, 4.69) is 20.3 Å². The summed E-state index contributed by atoms with van der Waals surface area (Å²) >= 11 is 1.50. The summed E-state index contributed by atoms with van der Waals surface area (Å²) in [5, 5.41) is 21.6. The van der Waals surface area contributed by atoms with Gasteiger partial charge in [-0.2, -0.15) is 10.2 Å². The van der Waals surface area contributed by atoms with Crippen molar-refractivity contribution in [2.45, 2.75) is 12.8 Å². The molecule has 24 heavy (non-hydrogen) atoms. The topological polar surface area (TPSA) is 96.7 Å². The first kappa shape index (κ1) is 13.4. The number of H-pyrrole nitrogens is 1. The van der Waals surface area contributed by atoms with Gasteiger partial charge in [0.2, 0.25) is 5.13 Å². The van der Waals surface area contributed by atoms with Crippen LogP contribution in [0, 0.1) is 0 Å². The molecule has 2 N–H and O–H groups in total. The molecule has 0 bridgehead atoms. The lowest BCUT2D eigenvalue weighted by molar-refractivity contribution is 0.0690. The van der Waals surface area contributed by atoms with E-state index >= 15 is 0 Å². The third kappa shape index (κ3) is 1.77. The van der Waals surface area contributed by atoms with Crippen molar-refractivity contribution in [1.82, 2.24) is 25.0 Å². The molecule has 0 aliphatic heterocycles. The van der Waals surface area contributed by atoms with Gasteiger partial charge < -0.3 is 5.11 Å². The average Bonchev–Trinajstić information content (AvgIpc) is 3.29. The van der Waals surface area contributed by atoms with E-state index in [9.17, 15) is 9.90 Å². The molecule has 0 saturated heterocycles. The van der Waals surface area contributed by atoms with Crippen molar-refractivity contribution in [3.8, 4) is 16.4 Å². The number of thiazole rings is 1. The minimum atomic E-state index is -1.05. The number of nitrogens with one attached hydrogen (secondary N) is 1. The van der Waals surface area contributed by atoms with Gasteiger partial charge in [-0.1, -0.05) is 23.5 Å². The fraction of sp³-hybridized carbons (Fsp3) is 0.125. The maximum Gasteiger partial charge on any atom is 0.357 e. The number of carbonyl (C=O) groups is 1. The zero-order valence-electron chi connectivity index (χ0n) is 12.4.